The van der Waals surface area contributed by atoms with Crippen LogP contribution in [0, 0.1) is 0 Å². The first kappa shape index (κ1) is 18.8. The van der Waals surface area contributed by atoms with Crippen LogP contribution in [0.5, 0.6) is 5.75 Å². The third-order valence-corrected chi connectivity index (χ3v) is 7.14. The SMILES string of the molecule is CCOc1ccc2c(c1)CN(C(=O)c1cccc(N3CCCS3(=O)=O)c1)CC2. The molecule has 0 N–H and O–H groups in total. The predicted octanol–water partition coefficient (Wildman–Crippen LogP) is 2.82. The maximum absolute atomic E-state index is 13.1. The number of rotatable bonds is 4. The van der Waals surface area contributed by atoms with Gasteiger partial charge in [0.25, 0.3) is 5.91 Å². The molecule has 7 heteroatoms. The Bertz CT molecular complexity index is 1000. The van der Waals surface area contributed by atoms with Crippen molar-refractivity contribution in [1.82, 2.24) is 4.90 Å². The summed E-state index contributed by atoms with van der Waals surface area (Å²) >= 11 is 0. The van der Waals surface area contributed by atoms with Crippen LogP contribution in [-0.4, -0.2) is 44.7 Å². The summed E-state index contributed by atoms with van der Waals surface area (Å²) in [7, 11) is -3.26. The van der Waals surface area contributed by atoms with Gasteiger partial charge in [0.1, 0.15) is 5.75 Å². The van der Waals surface area contributed by atoms with Crippen LogP contribution in [0.3, 0.4) is 0 Å². The highest BCUT2D eigenvalue weighted by Crippen LogP contribution is 2.28. The van der Waals surface area contributed by atoms with Gasteiger partial charge in [-0.05, 0) is 61.2 Å². The number of nitrogens with zero attached hydrogens (tertiary/aromatic N) is 2. The molecule has 2 aliphatic rings. The average molecular weight is 401 g/mol. The lowest BCUT2D eigenvalue weighted by Gasteiger charge is -2.29. The van der Waals surface area contributed by atoms with Crippen LogP contribution in [0.15, 0.2) is 42.5 Å². The Morgan fingerprint density at radius 3 is 2.71 bits per heavy atom. The van der Waals surface area contributed by atoms with E-state index < -0.39 is 10.0 Å². The maximum atomic E-state index is 13.1. The lowest BCUT2D eigenvalue weighted by Crippen LogP contribution is -2.36. The molecule has 0 aliphatic carbocycles. The Morgan fingerprint density at radius 2 is 1.96 bits per heavy atom. The topological polar surface area (TPSA) is 66.9 Å². The molecule has 0 saturated carbocycles. The van der Waals surface area contributed by atoms with E-state index in [0.29, 0.717) is 43.9 Å². The molecule has 0 bridgehead atoms. The largest absolute Gasteiger partial charge is 0.494 e. The number of carbonyl (C=O) groups is 1. The molecular formula is C21H24N2O4S. The summed E-state index contributed by atoms with van der Waals surface area (Å²) in [6.45, 7) is 4.20. The lowest BCUT2D eigenvalue weighted by atomic mass is 9.98. The summed E-state index contributed by atoms with van der Waals surface area (Å²) in [5.41, 5.74) is 3.43. The van der Waals surface area contributed by atoms with E-state index in [1.807, 2.05) is 24.0 Å². The zero-order valence-corrected chi connectivity index (χ0v) is 16.7. The van der Waals surface area contributed by atoms with Crippen molar-refractivity contribution in [3.8, 4) is 5.75 Å². The molecule has 1 fully saturated rings. The number of ether oxygens (including phenoxy) is 1. The van der Waals surface area contributed by atoms with Crippen LogP contribution in [0.2, 0.25) is 0 Å². The van der Waals surface area contributed by atoms with Crippen molar-refractivity contribution in [2.75, 3.05) is 29.8 Å². The van der Waals surface area contributed by atoms with Gasteiger partial charge in [-0.15, -0.1) is 0 Å². The summed E-state index contributed by atoms with van der Waals surface area (Å²) in [4.78, 5) is 14.9. The highest BCUT2D eigenvalue weighted by Gasteiger charge is 2.29. The Hall–Kier alpha value is -2.54. The number of benzene rings is 2. The second-order valence-electron chi connectivity index (χ2n) is 7.13. The molecule has 0 spiro atoms. The van der Waals surface area contributed by atoms with Crippen molar-refractivity contribution >= 4 is 21.6 Å². The molecule has 4 rings (SSSR count). The van der Waals surface area contributed by atoms with E-state index in [4.69, 9.17) is 4.74 Å². The van der Waals surface area contributed by atoms with E-state index >= 15 is 0 Å². The molecule has 148 valence electrons. The molecule has 28 heavy (non-hydrogen) atoms. The predicted molar refractivity (Wildman–Crippen MR) is 108 cm³/mol. The highest BCUT2D eigenvalue weighted by atomic mass is 32.2. The van der Waals surface area contributed by atoms with Gasteiger partial charge in [-0.25, -0.2) is 8.42 Å². The van der Waals surface area contributed by atoms with Crippen LogP contribution >= 0.6 is 0 Å². The van der Waals surface area contributed by atoms with E-state index in [1.165, 1.54) is 9.87 Å². The molecular weight excluding hydrogens is 376 g/mol. The van der Waals surface area contributed by atoms with Crippen LogP contribution < -0.4 is 9.04 Å². The highest BCUT2D eigenvalue weighted by molar-refractivity contribution is 7.93. The van der Waals surface area contributed by atoms with Crippen molar-refractivity contribution < 1.29 is 17.9 Å². The van der Waals surface area contributed by atoms with Gasteiger partial charge in [-0.1, -0.05) is 12.1 Å². The van der Waals surface area contributed by atoms with Crippen molar-refractivity contribution in [2.45, 2.75) is 26.3 Å². The minimum Gasteiger partial charge on any atom is -0.494 e. The molecule has 2 aromatic carbocycles. The van der Waals surface area contributed by atoms with Crippen LogP contribution in [-0.2, 0) is 23.0 Å². The van der Waals surface area contributed by atoms with Crippen molar-refractivity contribution in [3.05, 3.63) is 59.2 Å². The third-order valence-electron chi connectivity index (χ3n) is 5.27. The fourth-order valence-electron chi connectivity index (χ4n) is 3.87. The normalized spacial score (nSPS) is 18.0. The second kappa shape index (κ2) is 7.47. The Balaban J connectivity index is 1.55. The molecule has 2 aromatic rings. The summed E-state index contributed by atoms with van der Waals surface area (Å²) in [5.74, 6) is 0.902. The van der Waals surface area contributed by atoms with Gasteiger partial charge < -0.3 is 9.64 Å². The van der Waals surface area contributed by atoms with Gasteiger partial charge in [-0.2, -0.15) is 0 Å². The van der Waals surface area contributed by atoms with Crippen LogP contribution in [0.25, 0.3) is 0 Å². The van der Waals surface area contributed by atoms with Crippen LogP contribution in [0.1, 0.15) is 34.8 Å². The number of carbonyl (C=O) groups excluding carboxylic acids is 1. The van der Waals surface area contributed by atoms with Gasteiger partial charge in [0.05, 0.1) is 18.0 Å². The molecule has 0 unspecified atom stereocenters. The van der Waals surface area contributed by atoms with E-state index in [1.54, 1.807) is 24.3 Å². The smallest absolute Gasteiger partial charge is 0.254 e. The Morgan fingerprint density at radius 1 is 1.11 bits per heavy atom. The van der Waals surface area contributed by atoms with E-state index in [0.717, 1.165) is 17.7 Å². The number of fused-ring (bicyclic) bond motifs is 1. The zero-order valence-electron chi connectivity index (χ0n) is 15.9. The molecule has 2 aliphatic heterocycles. The zero-order chi connectivity index (χ0) is 19.7. The first-order chi connectivity index (χ1) is 13.5. The quantitative estimate of drug-likeness (QED) is 0.792. The van der Waals surface area contributed by atoms with Crippen molar-refractivity contribution in [2.24, 2.45) is 0 Å². The Kier molecular flexibility index (Phi) is 5.02. The number of hydrogen-bond donors (Lipinski definition) is 0. The number of sulfonamides is 1. The maximum Gasteiger partial charge on any atom is 0.254 e. The summed E-state index contributed by atoms with van der Waals surface area (Å²) in [5, 5.41) is 0. The molecule has 0 aromatic heterocycles. The molecule has 0 atom stereocenters. The minimum atomic E-state index is -3.26. The first-order valence-corrected chi connectivity index (χ1v) is 11.2. The van der Waals surface area contributed by atoms with Crippen molar-refractivity contribution in [3.63, 3.8) is 0 Å². The summed E-state index contributed by atoms with van der Waals surface area (Å²) < 4.78 is 31.4. The molecule has 2 heterocycles. The summed E-state index contributed by atoms with van der Waals surface area (Å²) in [6.07, 6.45) is 1.42. The van der Waals surface area contributed by atoms with Gasteiger partial charge in [-0.3, -0.25) is 9.10 Å². The van der Waals surface area contributed by atoms with Crippen molar-refractivity contribution in [1.29, 1.82) is 0 Å². The standard InChI is InChI=1S/C21H24N2O4S/c1-2-27-20-8-7-16-9-11-22(15-18(16)14-20)21(24)17-5-3-6-19(13-17)23-10-4-12-28(23,25)26/h3,5-8,13-14H,2,4,9-12,15H2,1H3. The van der Waals surface area contributed by atoms with Gasteiger partial charge in [0, 0.05) is 25.2 Å². The minimum absolute atomic E-state index is 0.0779. The van der Waals surface area contributed by atoms with Crippen LogP contribution in [0.4, 0.5) is 5.69 Å². The van der Waals surface area contributed by atoms with Gasteiger partial charge in [0.2, 0.25) is 10.0 Å². The monoisotopic (exact) mass is 400 g/mol. The van der Waals surface area contributed by atoms with E-state index in [-0.39, 0.29) is 11.7 Å². The molecule has 6 nitrogen and oxygen atoms in total. The average Bonchev–Trinajstić information content (AvgIpc) is 3.06. The second-order valence-corrected chi connectivity index (χ2v) is 9.15. The third kappa shape index (κ3) is 3.58. The number of hydrogen-bond acceptors (Lipinski definition) is 4. The first-order valence-electron chi connectivity index (χ1n) is 9.62. The fraction of sp³-hybridized carbons (Fsp3) is 0.381. The van der Waals surface area contributed by atoms with Gasteiger partial charge in [0.15, 0.2) is 0 Å². The van der Waals surface area contributed by atoms with E-state index in [9.17, 15) is 13.2 Å². The van der Waals surface area contributed by atoms with Gasteiger partial charge >= 0.3 is 0 Å². The summed E-state index contributed by atoms with van der Waals surface area (Å²) in [6, 6.07) is 13.0. The number of amides is 1. The van der Waals surface area contributed by atoms with E-state index in [2.05, 4.69) is 6.07 Å². The Labute approximate surface area is 165 Å². The lowest BCUT2D eigenvalue weighted by molar-refractivity contribution is 0.0734. The molecule has 1 amide bonds. The molecule has 0 radical (unpaired) electrons. The number of anilines is 1. The molecule has 1 saturated heterocycles. The fourth-order valence-corrected chi connectivity index (χ4v) is 5.43.